The molecule has 0 heterocycles. The molecule has 0 bridgehead atoms. The molecule has 0 unspecified atom stereocenters. The van der Waals surface area contributed by atoms with Gasteiger partial charge >= 0.3 is 5.97 Å². The molecule has 124 valence electrons. The molecule has 0 aliphatic carbocycles. The molecular weight excluding hydrogens is 288 g/mol. The third-order valence-corrected chi connectivity index (χ3v) is 4.37. The standard InChI is InChI=1S/C20H26O3/c1-3-15(2)7-5-4-6-12-23-19-11-10-16-13-18(20(21)22)9-8-17(16)14-19/h8-11,13-15H,3-7,12H2,1-2H3,(H,21,22)/t15-/m0/s1. The van der Waals surface area contributed by atoms with Crippen LogP contribution in [-0.4, -0.2) is 17.7 Å². The van der Waals surface area contributed by atoms with Crippen LogP contribution in [0.15, 0.2) is 36.4 Å². The molecule has 0 amide bonds. The average molecular weight is 314 g/mol. The molecular formula is C20H26O3. The molecule has 0 saturated carbocycles. The zero-order chi connectivity index (χ0) is 16.7. The lowest BCUT2D eigenvalue weighted by Gasteiger charge is -2.09. The predicted octanol–water partition coefficient (Wildman–Crippen LogP) is 5.52. The number of benzene rings is 2. The van der Waals surface area contributed by atoms with Gasteiger partial charge in [0.05, 0.1) is 12.2 Å². The molecule has 1 atom stereocenters. The molecule has 0 spiro atoms. The van der Waals surface area contributed by atoms with Crippen LogP contribution in [-0.2, 0) is 0 Å². The van der Waals surface area contributed by atoms with Gasteiger partial charge < -0.3 is 9.84 Å². The number of carboxylic acids is 1. The first-order chi connectivity index (χ1) is 11.1. The van der Waals surface area contributed by atoms with Crippen LogP contribution in [0, 0.1) is 5.92 Å². The highest BCUT2D eigenvalue weighted by molar-refractivity contribution is 5.94. The summed E-state index contributed by atoms with van der Waals surface area (Å²) in [6.45, 7) is 5.29. The van der Waals surface area contributed by atoms with E-state index in [-0.39, 0.29) is 0 Å². The van der Waals surface area contributed by atoms with Crippen LogP contribution < -0.4 is 4.74 Å². The molecule has 2 aromatic rings. The van der Waals surface area contributed by atoms with E-state index in [0.717, 1.165) is 35.5 Å². The van der Waals surface area contributed by atoms with Crippen molar-refractivity contribution < 1.29 is 14.6 Å². The minimum Gasteiger partial charge on any atom is -0.494 e. The van der Waals surface area contributed by atoms with Gasteiger partial charge in [-0.15, -0.1) is 0 Å². The van der Waals surface area contributed by atoms with Crippen molar-refractivity contribution in [1.29, 1.82) is 0 Å². The fourth-order valence-electron chi connectivity index (χ4n) is 2.61. The van der Waals surface area contributed by atoms with Crippen molar-refractivity contribution >= 4 is 16.7 Å². The normalized spacial score (nSPS) is 12.3. The van der Waals surface area contributed by atoms with E-state index in [0.29, 0.717) is 5.56 Å². The molecule has 3 nitrogen and oxygen atoms in total. The molecule has 2 aromatic carbocycles. The zero-order valence-electron chi connectivity index (χ0n) is 14.0. The molecule has 0 aliphatic heterocycles. The Kier molecular flexibility index (Phi) is 6.45. The minimum absolute atomic E-state index is 0.312. The van der Waals surface area contributed by atoms with E-state index in [2.05, 4.69) is 13.8 Å². The Labute approximate surface area is 138 Å². The summed E-state index contributed by atoms with van der Waals surface area (Å²) in [5.74, 6) is 0.777. The number of hydrogen-bond acceptors (Lipinski definition) is 2. The molecule has 2 rings (SSSR count). The fourth-order valence-corrected chi connectivity index (χ4v) is 2.61. The van der Waals surface area contributed by atoms with Gasteiger partial charge in [0, 0.05) is 0 Å². The quantitative estimate of drug-likeness (QED) is 0.620. The number of hydrogen-bond donors (Lipinski definition) is 1. The van der Waals surface area contributed by atoms with E-state index >= 15 is 0 Å². The molecule has 1 N–H and O–H groups in total. The van der Waals surface area contributed by atoms with Crippen LogP contribution in [0.3, 0.4) is 0 Å². The molecule has 0 fully saturated rings. The zero-order valence-corrected chi connectivity index (χ0v) is 14.0. The highest BCUT2D eigenvalue weighted by Gasteiger charge is 2.04. The number of fused-ring (bicyclic) bond motifs is 1. The monoisotopic (exact) mass is 314 g/mol. The predicted molar refractivity (Wildman–Crippen MR) is 94.3 cm³/mol. The molecule has 0 saturated heterocycles. The first-order valence-electron chi connectivity index (χ1n) is 8.50. The van der Waals surface area contributed by atoms with E-state index < -0.39 is 5.97 Å². The number of unbranched alkanes of at least 4 members (excludes halogenated alkanes) is 2. The minimum atomic E-state index is -0.899. The molecule has 0 aromatic heterocycles. The van der Waals surface area contributed by atoms with Crippen molar-refractivity contribution in [2.24, 2.45) is 5.92 Å². The number of carbonyl (C=O) groups is 1. The smallest absolute Gasteiger partial charge is 0.335 e. The SMILES string of the molecule is CC[C@H](C)CCCCCOc1ccc2cc(C(=O)O)ccc2c1. The molecule has 0 radical (unpaired) electrons. The van der Waals surface area contributed by atoms with Gasteiger partial charge in [0.1, 0.15) is 5.75 Å². The van der Waals surface area contributed by atoms with Gasteiger partial charge in [0.2, 0.25) is 0 Å². The summed E-state index contributed by atoms with van der Waals surface area (Å²) in [5, 5.41) is 10.9. The lowest BCUT2D eigenvalue weighted by molar-refractivity contribution is 0.0697. The van der Waals surface area contributed by atoms with Crippen molar-refractivity contribution in [2.75, 3.05) is 6.61 Å². The second-order valence-electron chi connectivity index (χ2n) is 6.24. The van der Waals surface area contributed by atoms with Crippen LogP contribution >= 0.6 is 0 Å². The van der Waals surface area contributed by atoms with Gasteiger partial charge in [-0.05, 0) is 47.4 Å². The number of aromatic carboxylic acids is 1. The second kappa shape index (κ2) is 8.56. The summed E-state index contributed by atoms with van der Waals surface area (Å²) in [4.78, 5) is 11.0. The van der Waals surface area contributed by atoms with Crippen molar-refractivity contribution in [3.8, 4) is 5.75 Å². The number of carboxylic acid groups (broad SMARTS) is 1. The van der Waals surface area contributed by atoms with Crippen LogP contribution in [0.1, 0.15) is 56.3 Å². The van der Waals surface area contributed by atoms with Gasteiger partial charge in [-0.1, -0.05) is 51.7 Å². The van der Waals surface area contributed by atoms with Crippen molar-refractivity contribution in [3.05, 3.63) is 42.0 Å². The van der Waals surface area contributed by atoms with Crippen LogP contribution in [0.2, 0.25) is 0 Å². The van der Waals surface area contributed by atoms with Gasteiger partial charge in [-0.3, -0.25) is 0 Å². The Morgan fingerprint density at radius 3 is 2.57 bits per heavy atom. The van der Waals surface area contributed by atoms with Crippen molar-refractivity contribution in [3.63, 3.8) is 0 Å². The summed E-state index contributed by atoms with van der Waals surface area (Å²) in [6, 6.07) is 10.9. The van der Waals surface area contributed by atoms with Crippen molar-refractivity contribution in [2.45, 2.75) is 46.0 Å². The third-order valence-electron chi connectivity index (χ3n) is 4.37. The first-order valence-corrected chi connectivity index (χ1v) is 8.50. The highest BCUT2D eigenvalue weighted by atomic mass is 16.5. The summed E-state index contributed by atoms with van der Waals surface area (Å²) in [6.07, 6.45) is 6.12. The molecule has 23 heavy (non-hydrogen) atoms. The van der Waals surface area contributed by atoms with Crippen LogP contribution in [0.4, 0.5) is 0 Å². The largest absolute Gasteiger partial charge is 0.494 e. The lowest BCUT2D eigenvalue weighted by Crippen LogP contribution is -1.99. The Morgan fingerprint density at radius 1 is 1.09 bits per heavy atom. The van der Waals surface area contributed by atoms with Crippen LogP contribution in [0.25, 0.3) is 10.8 Å². The van der Waals surface area contributed by atoms with Gasteiger partial charge in [-0.2, -0.15) is 0 Å². The fraction of sp³-hybridized carbons (Fsp3) is 0.450. The Balaban J connectivity index is 1.82. The Morgan fingerprint density at radius 2 is 1.83 bits per heavy atom. The molecule has 3 heteroatoms. The summed E-state index contributed by atoms with van der Waals surface area (Å²) >= 11 is 0. The van der Waals surface area contributed by atoms with Crippen molar-refractivity contribution in [1.82, 2.24) is 0 Å². The maximum Gasteiger partial charge on any atom is 0.335 e. The maximum absolute atomic E-state index is 11.0. The second-order valence-corrected chi connectivity index (χ2v) is 6.24. The number of rotatable bonds is 9. The van der Waals surface area contributed by atoms with E-state index in [1.165, 1.54) is 25.7 Å². The summed E-state index contributed by atoms with van der Waals surface area (Å²) in [5.41, 5.74) is 0.312. The van der Waals surface area contributed by atoms with E-state index in [1.54, 1.807) is 12.1 Å². The first kappa shape index (κ1) is 17.3. The third kappa shape index (κ3) is 5.27. The van der Waals surface area contributed by atoms with Crippen LogP contribution in [0.5, 0.6) is 5.75 Å². The van der Waals surface area contributed by atoms with Gasteiger partial charge in [0.15, 0.2) is 0 Å². The Bertz CT molecular complexity index is 648. The highest BCUT2D eigenvalue weighted by Crippen LogP contribution is 2.22. The summed E-state index contributed by atoms with van der Waals surface area (Å²) < 4.78 is 5.81. The summed E-state index contributed by atoms with van der Waals surface area (Å²) in [7, 11) is 0. The number of ether oxygens (including phenoxy) is 1. The van der Waals surface area contributed by atoms with E-state index in [9.17, 15) is 4.79 Å². The van der Waals surface area contributed by atoms with E-state index in [4.69, 9.17) is 9.84 Å². The lowest BCUT2D eigenvalue weighted by atomic mass is 10.0. The molecule has 0 aliphatic rings. The van der Waals surface area contributed by atoms with Gasteiger partial charge in [-0.25, -0.2) is 4.79 Å². The Hall–Kier alpha value is -2.03. The van der Waals surface area contributed by atoms with E-state index in [1.807, 2.05) is 24.3 Å². The average Bonchev–Trinajstić information content (AvgIpc) is 2.56. The topological polar surface area (TPSA) is 46.5 Å². The maximum atomic E-state index is 11.0. The van der Waals surface area contributed by atoms with Gasteiger partial charge in [0.25, 0.3) is 0 Å².